The Hall–Kier alpha value is -1.88. The van der Waals surface area contributed by atoms with Crippen LogP contribution in [0.3, 0.4) is 0 Å². The summed E-state index contributed by atoms with van der Waals surface area (Å²) in [6, 6.07) is 7.09. The van der Waals surface area contributed by atoms with Gasteiger partial charge in [0.15, 0.2) is 0 Å². The van der Waals surface area contributed by atoms with Crippen molar-refractivity contribution in [3.8, 4) is 0 Å². The molecular weight excluding hydrogens is 266 g/mol. The van der Waals surface area contributed by atoms with Crippen LogP contribution in [0.5, 0.6) is 0 Å². The number of nitrogens with one attached hydrogen (secondary N) is 1. The van der Waals surface area contributed by atoms with Crippen LogP contribution >= 0.6 is 0 Å². The van der Waals surface area contributed by atoms with E-state index in [1.54, 1.807) is 6.92 Å². The first-order chi connectivity index (χ1) is 9.61. The average Bonchev–Trinajstić information content (AvgIpc) is 2.36. The normalized spacial score (nSPS) is 13.0. The van der Waals surface area contributed by atoms with Crippen molar-refractivity contribution in [2.75, 3.05) is 7.05 Å². The Balaban J connectivity index is 2.68. The highest BCUT2D eigenvalue weighted by atomic mass is 16.2. The van der Waals surface area contributed by atoms with Gasteiger partial charge in [0.1, 0.15) is 0 Å². The number of carbonyl (C=O) groups excluding carboxylic acids is 2. The van der Waals surface area contributed by atoms with Crippen molar-refractivity contribution < 1.29 is 9.59 Å². The molecule has 5 heteroatoms. The zero-order valence-electron chi connectivity index (χ0n) is 13.4. The third kappa shape index (κ3) is 5.19. The Morgan fingerprint density at radius 3 is 2.19 bits per heavy atom. The molecule has 0 aliphatic rings. The standard InChI is InChI=1S/C16H25N3O2/c1-11(14(20)18-15(17)21)19(5)10-12-6-8-13(9-7-12)16(2,3)4/h6-9,11H,10H2,1-5H3,(H3,17,18,20,21)/t11-/m1/s1. The molecule has 0 bridgehead atoms. The van der Waals surface area contributed by atoms with E-state index in [0.29, 0.717) is 6.54 Å². The van der Waals surface area contributed by atoms with Crippen molar-refractivity contribution in [3.63, 3.8) is 0 Å². The minimum Gasteiger partial charge on any atom is -0.351 e. The summed E-state index contributed by atoms with van der Waals surface area (Å²) in [5.74, 6) is -0.392. The lowest BCUT2D eigenvalue weighted by Crippen LogP contribution is -2.46. The fourth-order valence-electron chi connectivity index (χ4n) is 1.96. The third-order valence-corrected chi connectivity index (χ3v) is 3.54. The Labute approximate surface area is 126 Å². The van der Waals surface area contributed by atoms with Gasteiger partial charge in [0.25, 0.3) is 0 Å². The highest BCUT2D eigenvalue weighted by Crippen LogP contribution is 2.22. The second kappa shape index (κ2) is 6.72. The zero-order chi connectivity index (χ0) is 16.2. The second-order valence-electron chi connectivity index (χ2n) is 6.39. The van der Waals surface area contributed by atoms with Crippen LogP contribution in [0.2, 0.25) is 0 Å². The van der Waals surface area contributed by atoms with Crippen LogP contribution in [0.15, 0.2) is 24.3 Å². The summed E-state index contributed by atoms with van der Waals surface area (Å²) >= 11 is 0. The van der Waals surface area contributed by atoms with Gasteiger partial charge in [0.2, 0.25) is 5.91 Å². The molecule has 1 aromatic carbocycles. The van der Waals surface area contributed by atoms with E-state index in [1.165, 1.54) is 5.56 Å². The van der Waals surface area contributed by atoms with E-state index in [4.69, 9.17) is 5.73 Å². The first-order valence-corrected chi connectivity index (χ1v) is 7.01. The lowest BCUT2D eigenvalue weighted by molar-refractivity contribution is -0.124. The van der Waals surface area contributed by atoms with E-state index in [-0.39, 0.29) is 5.41 Å². The molecule has 0 saturated carbocycles. The highest BCUT2D eigenvalue weighted by Gasteiger charge is 2.19. The number of imide groups is 1. The summed E-state index contributed by atoms with van der Waals surface area (Å²) in [6.45, 7) is 8.87. The van der Waals surface area contributed by atoms with E-state index in [9.17, 15) is 9.59 Å². The number of urea groups is 1. The molecule has 0 radical (unpaired) electrons. The van der Waals surface area contributed by atoms with Gasteiger partial charge in [-0.2, -0.15) is 0 Å². The van der Waals surface area contributed by atoms with Crippen molar-refractivity contribution in [2.45, 2.75) is 45.7 Å². The summed E-state index contributed by atoms with van der Waals surface area (Å²) in [7, 11) is 1.84. The quantitative estimate of drug-likeness (QED) is 0.891. The van der Waals surface area contributed by atoms with Crippen LogP contribution in [-0.2, 0) is 16.8 Å². The van der Waals surface area contributed by atoms with Crippen LogP contribution in [0.25, 0.3) is 0 Å². The molecule has 5 nitrogen and oxygen atoms in total. The van der Waals surface area contributed by atoms with Crippen LogP contribution in [0, 0.1) is 0 Å². The first-order valence-electron chi connectivity index (χ1n) is 7.01. The summed E-state index contributed by atoms with van der Waals surface area (Å²) in [5, 5.41) is 2.10. The molecule has 0 fully saturated rings. The maximum absolute atomic E-state index is 11.7. The molecule has 0 aromatic heterocycles. The van der Waals surface area contributed by atoms with Crippen molar-refractivity contribution in [2.24, 2.45) is 5.73 Å². The highest BCUT2D eigenvalue weighted by molar-refractivity contribution is 5.96. The number of amides is 3. The molecule has 0 heterocycles. The number of hydrogen-bond donors (Lipinski definition) is 2. The van der Waals surface area contributed by atoms with Crippen LogP contribution < -0.4 is 11.1 Å². The molecule has 0 unspecified atom stereocenters. The van der Waals surface area contributed by atoms with Crippen molar-refractivity contribution >= 4 is 11.9 Å². The molecule has 1 aromatic rings. The van der Waals surface area contributed by atoms with Crippen LogP contribution in [0.4, 0.5) is 4.79 Å². The summed E-state index contributed by atoms with van der Waals surface area (Å²) in [6.07, 6.45) is 0. The Morgan fingerprint density at radius 1 is 1.24 bits per heavy atom. The molecule has 1 rings (SSSR count). The van der Waals surface area contributed by atoms with E-state index < -0.39 is 18.0 Å². The number of benzene rings is 1. The number of rotatable bonds is 4. The molecule has 3 N–H and O–H groups in total. The molecule has 3 amide bonds. The lowest BCUT2D eigenvalue weighted by Gasteiger charge is -2.24. The van der Waals surface area contributed by atoms with Crippen LogP contribution in [0.1, 0.15) is 38.8 Å². The Kier molecular flexibility index (Phi) is 5.49. The fourth-order valence-corrected chi connectivity index (χ4v) is 1.96. The van der Waals surface area contributed by atoms with Gasteiger partial charge in [-0.3, -0.25) is 15.0 Å². The largest absolute Gasteiger partial charge is 0.351 e. The predicted molar refractivity (Wildman–Crippen MR) is 83.8 cm³/mol. The smallest absolute Gasteiger partial charge is 0.318 e. The van der Waals surface area contributed by atoms with E-state index in [1.807, 2.05) is 11.9 Å². The molecule has 0 spiro atoms. The van der Waals surface area contributed by atoms with E-state index >= 15 is 0 Å². The Bertz CT molecular complexity index is 503. The summed E-state index contributed by atoms with van der Waals surface area (Å²) in [5.41, 5.74) is 7.46. The van der Waals surface area contributed by atoms with Gasteiger partial charge in [-0.15, -0.1) is 0 Å². The number of nitrogens with two attached hydrogens (primary N) is 1. The summed E-state index contributed by atoms with van der Waals surface area (Å²) < 4.78 is 0. The van der Waals surface area contributed by atoms with Crippen LogP contribution in [-0.4, -0.2) is 29.9 Å². The molecule has 116 valence electrons. The maximum atomic E-state index is 11.7. The average molecular weight is 291 g/mol. The summed E-state index contributed by atoms with van der Waals surface area (Å²) in [4.78, 5) is 24.3. The second-order valence-corrected chi connectivity index (χ2v) is 6.39. The number of nitrogens with zero attached hydrogens (tertiary/aromatic N) is 1. The van der Waals surface area contributed by atoms with Gasteiger partial charge in [-0.05, 0) is 30.5 Å². The molecule has 1 atom stereocenters. The number of primary amides is 1. The molecule has 21 heavy (non-hydrogen) atoms. The molecule has 0 aliphatic heterocycles. The van der Waals surface area contributed by atoms with Gasteiger partial charge in [-0.1, -0.05) is 45.0 Å². The SMILES string of the molecule is C[C@H](C(=O)NC(N)=O)N(C)Cc1ccc(C(C)(C)C)cc1. The monoisotopic (exact) mass is 291 g/mol. The van der Waals surface area contributed by atoms with Gasteiger partial charge in [0.05, 0.1) is 6.04 Å². The van der Waals surface area contributed by atoms with E-state index in [0.717, 1.165) is 5.56 Å². The predicted octanol–water partition coefficient (Wildman–Crippen LogP) is 2.00. The fraction of sp³-hybridized carbons (Fsp3) is 0.500. The molecule has 0 aliphatic carbocycles. The molecule has 0 saturated heterocycles. The van der Waals surface area contributed by atoms with Crippen molar-refractivity contribution in [1.29, 1.82) is 0 Å². The van der Waals surface area contributed by atoms with Gasteiger partial charge in [0, 0.05) is 6.54 Å². The van der Waals surface area contributed by atoms with Crippen molar-refractivity contribution in [1.82, 2.24) is 10.2 Å². The maximum Gasteiger partial charge on any atom is 0.318 e. The minimum absolute atomic E-state index is 0.124. The third-order valence-electron chi connectivity index (χ3n) is 3.54. The van der Waals surface area contributed by atoms with Crippen molar-refractivity contribution in [3.05, 3.63) is 35.4 Å². The van der Waals surface area contributed by atoms with Gasteiger partial charge < -0.3 is 5.73 Å². The number of hydrogen-bond acceptors (Lipinski definition) is 3. The molecular formula is C16H25N3O2. The van der Waals surface area contributed by atoms with E-state index in [2.05, 4.69) is 50.4 Å². The number of likely N-dealkylation sites (N-methyl/N-ethyl adjacent to an activating group) is 1. The van der Waals surface area contributed by atoms with Gasteiger partial charge in [-0.25, -0.2) is 4.79 Å². The lowest BCUT2D eigenvalue weighted by atomic mass is 9.87. The first kappa shape index (κ1) is 17.2. The van der Waals surface area contributed by atoms with Gasteiger partial charge >= 0.3 is 6.03 Å². The topological polar surface area (TPSA) is 75.4 Å². The minimum atomic E-state index is -0.824. The number of carbonyl (C=O) groups is 2. The zero-order valence-corrected chi connectivity index (χ0v) is 13.4. The Morgan fingerprint density at radius 2 is 1.76 bits per heavy atom.